The fraction of sp³-hybridized carbons (Fsp3) is 0.294. The normalized spacial score (nSPS) is 10.5. The Morgan fingerprint density at radius 3 is 2.32 bits per heavy atom. The Labute approximate surface area is 141 Å². The average molecular weight is 340 g/mol. The summed E-state index contributed by atoms with van der Waals surface area (Å²) in [5, 5.41) is 4.71. The summed E-state index contributed by atoms with van der Waals surface area (Å²) in [6.07, 6.45) is 0.807. The van der Waals surface area contributed by atoms with E-state index in [0.29, 0.717) is 10.8 Å². The zero-order valence-corrected chi connectivity index (χ0v) is 14.2. The van der Waals surface area contributed by atoms with Gasteiger partial charge in [-0.1, -0.05) is 41.4 Å². The molecule has 0 spiro atoms. The van der Waals surface area contributed by atoms with E-state index in [1.165, 1.54) is 0 Å². The van der Waals surface area contributed by atoms with E-state index in [9.17, 15) is 0 Å². The van der Waals surface area contributed by atoms with E-state index < -0.39 is 0 Å². The summed E-state index contributed by atoms with van der Waals surface area (Å²) in [6, 6.07) is 11.5. The largest absolute Gasteiger partial charge is 0.496 e. The second kappa shape index (κ2) is 8.28. The number of rotatable bonds is 7. The van der Waals surface area contributed by atoms with Crippen LogP contribution in [0.2, 0.25) is 10.0 Å². The maximum Gasteiger partial charge on any atom is 0.137 e. The van der Waals surface area contributed by atoms with Gasteiger partial charge in [-0.15, -0.1) is 0 Å². The summed E-state index contributed by atoms with van der Waals surface area (Å²) in [5.74, 6) is 1.42. The first kappa shape index (κ1) is 16.9. The van der Waals surface area contributed by atoms with Gasteiger partial charge in [0.25, 0.3) is 0 Å². The van der Waals surface area contributed by atoms with Gasteiger partial charge in [0, 0.05) is 17.6 Å². The molecule has 22 heavy (non-hydrogen) atoms. The lowest BCUT2D eigenvalue weighted by molar-refractivity contribution is 0.398. The molecular formula is C17H19Cl2NO2. The van der Waals surface area contributed by atoms with Gasteiger partial charge in [0.15, 0.2) is 0 Å². The molecular weight excluding hydrogens is 321 g/mol. The number of hydrogen-bond acceptors (Lipinski definition) is 3. The molecule has 2 aromatic rings. The van der Waals surface area contributed by atoms with Gasteiger partial charge in [0.2, 0.25) is 0 Å². The first-order valence-electron chi connectivity index (χ1n) is 7.00. The highest BCUT2D eigenvalue weighted by Gasteiger charge is 2.09. The molecule has 1 N–H and O–H groups in total. The summed E-state index contributed by atoms with van der Waals surface area (Å²) in [7, 11) is 3.24. The van der Waals surface area contributed by atoms with Gasteiger partial charge in [-0.25, -0.2) is 0 Å². The van der Waals surface area contributed by atoms with Crippen LogP contribution in [0.15, 0.2) is 36.4 Å². The smallest absolute Gasteiger partial charge is 0.137 e. The summed E-state index contributed by atoms with van der Waals surface area (Å²) >= 11 is 12.2. The number of ether oxygens (including phenoxy) is 2. The van der Waals surface area contributed by atoms with Crippen molar-refractivity contribution in [1.82, 2.24) is 5.32 Å². The Hall–Kier alpha value is -1.42. The quantitative estimate of drug-likeness (QED) is 0.761. The fourth-order valence-electron chi connectivity index (χ4n) is 2.21. The minimum atomic E-state index is 0.548. The Morgan fingerprint density at radius 2 is 1.64 bits per heavy atom. The SMILES string of the molecule is COc1cc(CCNCc2ccccc2Cl)c(OC)cc1Cl. The molecule has 0 aliphatic rings. The molecule has 0 aromatic heterocycles. The van der Waals surface area contributed by atoms with E-state index in [1.807, 2.05) is 30.3 Å². The topological polar surface area (TPSA) is 30.5 Å². The second-order valence-corrected chi connectivity index (χ2v) is 5.63. The second-order valence-electron chi connectivity index (χ2n) is 4.82. The van der Waals surface area contributed by atoms with Crippen molar-refractivity contribution < 1.29 is 9.47 Å². The van der Waals surface area contributed by atoms with Gasteiger partial charge in [-0.2, -0.15) is 0 Å². The highest BCUT2D eigenvalue weighted by molar-refractivity contribution is 6.32. The van der Waals surface area contributed by atoms with Crippen molar-refractivity contribution >= 4 is 23.2 Å². The van der Waals surface area contributed by atoms with Crippen molar-refractivity contribution in [1.29, 1.82) is 0 Å². The molecule has 0 unspecified atom stereocenters. The summed E-state index contributed by atoms with van der Waals surface area (Å²) in [4.78, 5) is 0. The number of nitrogens with one attached hydrogen (secondary N) is 1. The highest BCUT2D eigenvalue weighted by Crippen LogP contribution is 2.32. The number of halogens is 2. The van der Waals surface area contributed by atoms with Crippen LogP contribution in [0.25, 0.3) is 0 Å². The maximum atomic E-state index is 6.13. The van der Waals surface area contributed by atoms with Gasteiger partial charge in [0.05, 0.1) is 19.2 Å². The van der Waals surface area contributed by atoms with Gasteiger partial charge >= 0.3 is 0 Å². The van der Waals surface area contributed by atoms with Crippen molar-refractivity contribution in [2.75, 3.05) is 20.8 Å². The number of methoxy groups -OCH3 is 2. The third-order valence-electron chi connectivity index (χ3n) is 3.40. The van der Waals surface area contributed by atoms with E-state index in [2.05, 4.69) is 5.32 Å². The molecule has 0 radical (unpaired) electrons. The van der Waals surface area contributed by atoms with Crippen LogP contribution in [0.4, 0.5) is 0 Å². The van der Waals surface area contributed by atoms with Crippen LogP contribution in [0.3, 0.4) is 0 Å². The van der Waals surface area contributed by atoms with Gasteiger partial charge in [0.1, 0.15) is 11.5 Å². The summed E-state index contributed by atoms with van der Waals surface area (Å²) in [6.45, 7) is 1.53. The molecule has 0 bridgehead atoms. The van der Waals surface area contributed by atoms with Crippen LogP contribution in [0.1, 0.15) is 11.1 Å². The lowest BCUT2D eigenvalue weighted by Crippen LogP contribution is -2.17. The zero-order valence-electron chi connectivity index (χ0n) is 12.7. The van der Waals surface area contributed by atoms with E-state index in [-0.39, 0.29) is 0 Å². The fourth-order valence-corrected chi connectivity index (χ4v) is 2.64. The molecule has 0 aliphatic carbocycles. The number of benzene rings is 2. The third kappa shape index (κ3) is 4.29. The minimum absolute atomic E-state index is 0.548. The monoisotopic (exact) mass is 339 g/mol. The van der Waals surface area contributed by atoms with Crippen LogP contribution in [-0.4, -0.2) is 20.8 Å². The Morgan fingerprint density at radius 1 is 0.909 bits per heavy atom. The molecule has 0 fully saturated rings. The molecule has 2 rings (SSSR count). The van der Waals surface area contributed by atoms with Crippen LogP contribution >= 0.6 is 23.2 Å². The Bertz CT molecular complexity index is 632. The van der Waals surface area contributed by atoms with Crippen molar-refractivity contribution in [2.24, 2.45) is 0 Å². The third-order valence-corrected chi connectivity index (χ3v) is 4.06. The zero-order chi connectivity index (χ0) is 15.9. The molecule has 0 saturated heterocycles. The molecule has 2 aromatic carbocycles. The maximum absolute atomic E-state index is 6.13. The van der Waals surface area contributed by atoms with Crippen molar-refractivity contribution in [3.8, 4) is 11.5 Å². The van der Waals surface area contributed by atoms with Gasteiger partial charge < -0.3 is 14.8 Å². The number of hydrogen-bond donors (Lipinski definition) is 1. The van der Waals surface area contributed by atoms with Gasteiger partial charge in [-0.3, -0.25) is 0 Å². The molecule has 3 nitrogen and oxygen atoms in total. The standard InChI is InChI=1S/C17H19Cl2NO2/c1-21-16-10-15(19)17(22-2)9-12(16)7-8-20-11-13-5-3-4-6-14(13)18/h3-6,9-10,20H,7-8,11H2,1-2H3. The molecule has 0 atom stereocenters. The minimum Gasteiger partial charge on any atom is -0.496 e. The lowest BCUT2D eigenvalue weighted by Gasteiger charge is -2.13. The molecule has 0 amide bonds. The predicted molar refractivity (Wildman–Crippen MR) is 91.4 cm³/mol. The van der Waals surface area contributed by atoms with Crippen molar-refractivity contribution in [3.05, 3.63) is 57.6 Å². The van der Waals surface area contributed by atoms with Crippen LogP contribution in [0.5, 0.6) is 11.5 Å². The van der Waals surface area contributed by atoms with E-state index in [1.54, 1.807) is 20.3 Å². The first-order chi connectivity index (χ1) is 10.7. The summed E-state index contributed by atoms with van der Waals surface area (Å²) in [5.41, 5.74) is 2.14. The molecule has 0 aliphatic heterocycles. The van der Waals surface area contributed by atoms with Crippen LogP contribution < -0.4 is 14.8 Å². The van der Waals surface area contributed by atoms with Gasteiger partial charge in [-0.05, 0) is 36.2 Å². The van der Waals surface area contributed by atoms with E-state index in [4.69, 9.17) is 32.7 Å². The van der Waals surface area contributed by atoms with E-state index >= 15 is 0 Å². The van der Waals surface area contributed by atoms with Crippen molar-refractivity contribution in [2.45, 2.75) is 13.0 Å². The van der Waals surface area contributed by atoms with E-state index in [0.717, 1.165) is 41.4 Å². The highest BCUT2D eigenvalue weighted by atomic mass is 35.5. The van der Waals surface area contributed by atoms with Crippen molar-refractivity contribution in [3.63, 3.8) is 0 Å². The first-order valence-corrected chi connectivity index (χ1v) is 7.75. The average Bonchev–Trinajstić information content (AvgIpc) is 2.53. The lowest BCUT2D eigenvalue weighted by atomic mass is 10.1. The van der Waals surface area contributed by atoms with Crippen LogP contribution in [0, 0.1) is 0 Å². The predicted octanol–water partition coefficient (Wildman–Crippen LogP) is 4.34. The Kier molecular flexibility index (Phi) is 6.37. The molecule has 0 heterocycles. The Balaban J connectivity index is 1.95. The molecule has 5 heteroatoms. The summed E-state index contributed by atoms with van der Waals surface area (Å²) < 4.78 is 10.6. The van der Waals surface area contributed by atoms with Crippen LogP contribution in [-0.2, 0) is 13.0 Å². The molecule has 118 valence electrons. The molecule has 0 saturated carbocycles.